The maximum atomic E-state index is 12.9. The number of rotatable bonds is 4. The molecule has 4 heteroatoms. The molecule has 1 atom stereocenters. The quantitative estimate of drug-likeness (QED) is 0.877. The summed E-state index contributed by atoms with van der Waals surface area (Å²) in [6.07, 6.45) is 0. The van der Waals surface area contributed by atoms with Crippen LogP contribution in [-0.2, 0) is 0 Å². The van der Waals surface area contributed by atoms with Crippen LogP contribution in [0.15, 0.2) is 42.5 Å². The Balaban J connectivity index is 2.13. The third kappa shape index (κ3) is 3.42. The van der Waals surface area contributed by atoms with Crippen molar-refractivity contribution in [3.8, 4) is 0 Å². The summed E-state index contributed by atoms with van der Waals surface area (Å²) in [6, 6.07) is 12.4. The van der Waals surface area contributed by atoms with E-state index in [2.05, 4.69) is 5.32 Å². The molecule has 2 aromatic rings. The van der Waals surface area contributed by atoms with Crippen molar-refractivity contribution in [2.24, 2.45) is 0 Å². The summed E-state index contributed by atoms with van der Waals surface area (Å²) < 4.78 is 12.9. The summed E-state index contributed by atoms with van der Waals surface area (Å²) in [5.74, 6) is -0.223. The number of anilines is 2. The van der Waals surface area contributed by atoms with Crippen molar-refractivity contribution in [2.45, 2.75) is 13.0 Å². The highest BCUT2D eigenvalue weighted by atomic mass is 35.5. The van der Waals surface area contributed by atoms with Gasteiger partial charge < -0.3 is 10.2 Å². The number of benzene rings is 2. The van der Waals surface area contributed by atoms with Crippen LogP contribution in [0.3, 0.4) is 0 Å². The van der Waals surface area contributed by atoms with Gasteiger partial charge in [-0.05, 0) is 42.8 Å². The largest absolute Gasteiger partial charge is 0.378 e. The first-order chi connectivity index (χ1) is 9.47. The predicted molar refractivity (Wildman–Crippen MR) is 84.2 cm³/mol. The van der Waals surface area contributed by atoms with Gasteiger partial charge in [0.15, 0.2) is 0 Å². The average Bonchev–Trinajstić information content (AvgIpc) is 2.39. The normalized spacial score (nSPS) is 12.1. The van der Waals surface area contributed by atoms with Gasteiger partial charge in [0.25, 0.3) is 0 Å². The molecule has 0 aromatic heterocycles. The molecular weight excluding hydrogens is 275 g/mol. The fourth-order valence-electron chi connectivity index (χ4n) is 2.04. The Labute approximate surface area is 124 Å². The van der Waals surface area contributed by atoms with Gasteiger partial charge >= 0.3 is 0 Å². The SMILES string of the molecule is CC(Nc1ccc(N(C)C)c(Cl)c1)c1ccc(F)cc1. The first-order valence-electron chi connectivity index (χ1n) is 6.46. The Morgan fingerprint density at radius 3 is 2.30 bits per heavy atom. The van der Waals surface area contributed by atoms with Crippen molar-refractivity contribution in [3.05, 3.63) is 58.9 Å². The second-order valence-electron chi connectivity index (χ2n) is 4.98. The van der Waals surface area contributed by atoms with E-state index in [-0.39, 0.29) is 11.9 Å². The molecule has 2 nitrogen and oxygen atoms in total. The third-order valence-electron chi connectivity index (χ3n) is 3.18. The van der Waals surface area contributed by atoms with Gasteiger partial charge in [-0.25, -0.2) is 4.39 Å². The van der Waals surface area contributed by atoms with Crippen molar-refractivity contribution in [3.63, 3.8) is 0 Å². The molecule has 2 rings (SSSR count). The highest BCUT2D eigenvalue weighted by Gasteiger charge is 2.08. The summed E-state index contributed by atoms with van der Waals surface area (Å²) in [4.78, 5) is 1.97. The maximum Gasteiger partial charge on any atom is 0.123 e. The highest BCUT2D eigenvalue weighted by Crippen LogP contribution is 2.29. The standard InChI is InChI=1S/C16H18ClFN2/c1-11(12-4-6-13(18)7-5-12)19-14-8-9-16(20(2)3)15(17)10-14/h4-11,19H,1-3H3. The first kappa shape index (κ1) is 14.7. The van der Waals surface area contributed by atoms with Gasteiger partial charge in [-0.3, -0.25) is 0 Å². The van der Waals surface area contributed by atoms with Crippen LogP contribution in [-0.4, -0.2) is 14.1 Å². The van der Waals surface area contributed by atoms with E-state index in [1.807, 2.05) is 44.1 Å². The van der Waals surface area contributed by atoms with Crippen LogP contribution in [0.25, 0.3) is 0 Å². The molecule has 20 heavy (non-hydrogen) atoms. The van der Waals surface area contributed by atoms with Gasteiger partial charge in [0.2, 0.25) is 0 Å². The van der Waals surface area contributed by atoms with Gasteiger partial charge in [0.1, 0.15) is 5.82 Å². The first-order valence-corrected chi connectivity index (χ1v) is 6.84. The maximum absolute atomic E-state index is 12.9. The molecule has 0 saturated heterocycles. The molecule has 0 aliphatic heterocycles. The lowest BCUT2D eigenvalue weighted by Crippen LogP contribution is -2.10. The van der Waals surface area contributed by atoms with Crippen LogP contribution >= 0.6 is 11.6 Å². The Morgan fingerprint density at radius 2 is 1.75 bits per heavy atom. The van der Waals surface area contributed by atoms with E-state index in [1.54, 1.807) is 12.1 Å². The number of halogens is 2. The third-order valence-corrected chi connectivity index (χ3v) is 3.49. The van der Waals surface area contributed by atoms with Gasteiger partial charge in [-0.1, -0.05) is 23.7 Å². The highest BCUT2D eigenvalue weighted by molar-refractivity contribution is 6.33. The number of hydrogen-bond acceptors (Lipinski definition) is 2. The molecule has 0 amide bonds. The van der Waals surface area contributed by atoms with Crippen molar-refractivity contribution in [1.82, 2.24) is 0 Å². The van der Waals surface area contributed by atoms with Crippen LogP contribution < -0.4 is 10.2 Å². The number of hydrogen-bond donors (Lipinski definition) is 1. The Hall–Kier alpha value is -1.74. The summed E-state index contributed by atoms with van der Waals surface area (Å²) in [6.45, 7) is 2.03. The Morgan fingerprint density at radius 1 is 1.10 bits per heavy atom. The van der Waals surface area contributed by atoms with Gasteiger partial charge in [0, 0.05) is 25.8 Å². The second kappa shape index (κ2) is 6.14. The molecule has 106 valence electrons. The summed E-state index contributed by atoms with van der Waals surface area (Å²) in [7, 11) is 3.91. The van der Waals surface area contributed by atoms with Crippen molar-refractivity contribution in [1.29, 1.82) is 0 Å². The van der Waals surface area contributed by atoms with Crippen molar-refractivity contribution < 1.29 is 4.39 Å². The Kier molecular flexibility index (Phi) is 4.50. The lowest BCUT2D eigenvalue weighted by Gasteiger charge is -2.19. The summed E-state index contributed by atoms with van der Waals surface area (Å²) >= 11 is 6.24. The molecule has 0 radical (unpaired) electrons. The molecule has 0 heterocycles. The van der Waals surface area contributed by atoms with Crippen LogP contribution in [0.1, 0.15) is 18.5 Å². The average molecular weight is 293 g/mol. The molecule has 1 unspecified atom stereocenters. The van der Waals surface area contributed by atoms with Gasteiger partial charge in [-0.15, -0.1) is 0 Å². The molecule has 1 N–H and O–H groups in total. The van der Waals surface area contributed by atoms with E-state index in [0.717, 1.165) is 16.9 Å². The molecule has 2 aromatic carbocycles. The minimum atomic E-state index is -0.223. The molecule has 0 fully saturated rings. The minimum Gasteiger partial charge on any atom is -0.378 e. The molecule has 0 bridgehead atoms. The van der Waals surface area contributed by atoms with Crippen LogP contribution in [0.2, 0.25) is 5.02 Å². The zero-order valence-corrected chi connectivity index (χ0v) is 12.6. The van der Waals surface area contributed by atoms with Crippen LogP contribution in [0.5, 0.6) is 0 Å². The monoisotopic (exact) mass is 292 g/mol. The van der Waals surface area contributed by atoms with Crippen molar-refractivity contribution in [2.75, 3.05) is 24.3 Å². The molecule has 0 spiro atoms. The molecule has 0 aliphatic rings. The minimum absolute atomic E-state index is 0.0804. The smallest absolute Gasteiger partial charge is 0.123 e. The topological polar surface area (TPSA) is 15.3 Å². The van der Waals surface area contributed by atoms with E-state index in [9.17, 15) is 4.39 Å². The fraction of sp³-hybridized carbons (Fsp3) is 0.250. The number of nitrogens with one attached hydrogen (secondary N) is 1. The molecule has 0 saturated carbocycles. The van der Waals surface area contributed by atoms with Crippen molar-refractivity contribution >= 4 is 23.0 Å². The molecule has 0 aliphatic carbocycles. The second-order valence-corrected chi connectivity index (χ2v) is 5.39. The van der Waals surface area contributed by atoms with Gasteiger partial charge in [0.05, 0.1) is 10.7 Å². The summed E-state index contributed by atoms with van der Waals surface area (Å²) in [5, 5.41) is 4.06. The fourth-order valence-corrected chi connectivity index (χ4v) is 2.39. The Bertz CT molecular complexity index is 582. The van der Waals surface area contributed by atoms with Gasteiger partial charge in [-0.2, -0.15) is 0 Å². The van der Waals surface area contributed by atoms with E-state index in [4.69, 9.17) is 11.6 Å². The molecular formula is C16H18ClFN2. The summed E-state index contributed by atoms with van der Waals surface area (Å²) in [5.41, 5.74) is 2.95. The van der Waals surface area contributed by atoms with E-state index in [0.29, 0.717) is 5.02 Å². The zero-order chi connectivity index (χ0) is 14.7. The van der Waals surface area contributed by atoms with Crippen LogP contribution in [0, 0.1) is 5.82 Å². The van der Waals surface area contributed by atoms with E-state index in [1.165, 1.54) is 12.1 Å². The lowest BCUT2D eigenvalue weighted by molar-refractivity contribution is 0.626. The van der Waals surface area contributed by atoms with E-state index >= 15 is 0 Å². The predicted octanol–water partition coefficient (Wildman–Crippen LogP) is 4.72. The van der Waals surface area contributed by atoms with E-state index < -0.39 is 0 Å². The lowest BCUT2D eigenvalue weighted by atomic mass is 10.1. The zero-order valence-electron chi connectivity index (χ0n) is 11.8. The van der Waals surface area contributed by atoms with Crippen LogP contribution in [0.4, 0.5) is 15.8 Å². The number of nitrogens with zero attached hydrogens (tertiary/aromatic N) is 1.